The summed E-state index contributed by atoms with van der Waals surface area (Å²) in [6.45, 7) is 1.88. The van der Waals surface area contributed by atoms with Crippen molar-refractivity contribution in [1.29, 1.82) is 0 Å². The lowest BCUT2D eigenvalue weighted by atomic mass is 10.4. The minimum Gasteiger partial charge on any atom is -0.185 e. The van der Waals surface area contributed by atoms with Crippen molar-refractivity contribution in [3.8, 4) is 0 Å². The zero-order valence-corrected chi connectivity index (χ0v) is 4.90. The highest BCUT2D eigenvalue weighted by molar-refractivity contribution is 7.71. The predicted molar refractivity (Wildman–Crippen MR) is 29.6 cm³/mol. The molecule has 2 nitrogen and oxygen atoms in total. The van der Waals surface area contributed by atoms with E-state index >= 15 is 0 Å². The summed E-state index contributed by atoms with van der Waals surface area (Å²) < 4.78 is 19.3. The summed E-state index contributed by atoms with van der Waals surface area (Å²) in [5.41, 5.74) is 0. The van der Waals surface area contributed by atoms with E-state index in [1.165, 1.54) is 0 Å². The van der Waals surface area contributed by atoms with Gasteiger partial charge in [-0.2, -0.15) is 8.42 Å². The van der Waals surface area contributed by atoms with Crippen LogP contribution in [0, 0.1) is 6.42 Å². The first-order valence-corrected chi connectivity index (χ1v) is 3.16. The lowest BCUT2D eigenvalue weighted by Crippen LogP contribution is -1.72. The Bertz CT molecular complexity index is 135. The molecule has 1 radical (unpaired) electrons. The van der Waals surface area contributed by atoms with Crippen molar-refractivity contribution in [2.24, 2.45) is 0 Å². The number of hydrogen-bond donors (Lipinski definition) is 0. The molecule has 41 valence electrons. The van der Waals surface area contributed by atoms with Crippen molar-refractivity contribution in [3.05, 3.63) is 6.42 Å². The molecule has 0 aromatic carbocycles. The Morgan fingerprint density at radius 2 is 2.14 bits per heavy atom. The predicted octanol–water partition coefficient (Wildman–Crippen LogP) is 0.282. The van der Waals surface area contributed by atoms with Crippen LogP contribution < -0.4 is 0 Å². The van der Waals surface area contributed by atoms with Gasteiger partial charge >= 0.3 is 0 Å². The summed E-state index contributed by atoms with van der Waals surface area (Å²) in [5, 5.41) is 1.14. The Labute approximate surface area is 44.7 Å². The van der Waals surface area contributed by atoms with Gasteiger partial charge in [0.2, 0.25) is 10.3 Å². The lowest BCUT2D eigenvalue weighted by Gasteiger charge is -1.70. The highest BCUT2D eigenvalue weighted by Crippen LogP contribution is 1.74. The molecule has 0 bridgehead atoms. The van der Waals surface area contributed by atoms with Crippen molar-refractivity contribution in [2.45, 2.75) is 13.3 Å². The molecule has 0 saturated heterocycles. The summed E-state index contributed by atoms with van der Waals surface area (Å²) >= 11 is 0. The molecule has 3 heteroatoms. The van der Waals surface area contributed by atoms with Crippen LogP contribution in [0.5, 0.6) is 0 Å². The normalized spacial score (nSPS) is 8.14. The fourth-order valence-electron chi connectivity index (χ4n) is 0.175. The van der Waals surface area contributed by atoms with Gasteiger partial charge in [0.1, 0.15) is 0 Å². The second-order valence-electron chi connectivity index (χ2n) is 1.04. The topological polar surface area (TPSA) is 34.1 Å². The molecule has 0 aliphatic carbocycles. The lowest BCUT2D eigenvalue weighted by molar-refractivity contribution is 0.627. The maximum Gasteiger partial charge on any atom is 0.210 e. The van der Waals surface area contributed by atoms with Crippen LogP contribution in [0.2, 0.25) is 0 Å². The molecule has 0 spiro atoms. The molecule has 0 aromatic heterocycles. The molecule has 0 saturated carbocycles. The Hall–Kier alpha value is -0.310. The molecule has 0 heterocycles. The Morgan fingerprint density at radius 3 is 2.29 bits per heavy atom. The van der Waals surface area contributed by atoms with Gasteiger partial charge in [-0.15, -0.1) is 0 Å². The van der Waals surface area contributed by atoms with Crippen molar-refractivity contribution in [1.82, 2.24) is 0 Å². The minimum absolute atomic E-state index is 0.772. The molecule has 0 N–H and O–H groups in total. The van der Waals surface area contributed by atoms with E-state index in [-0.39, 0.29) is 0 Å². The van der Waals surface area contributed by atoms with Crippen molar-refractivity contribution in [3.63, 3.8) is 0 Å². The first kappa shape index (κ1) is 6.69. The third-order valence-corrected chi connectivity index (χ3v) is 0.858. The van der Waals surface area contributed by atoms with Gasteiger partial charge in [0, 0.05) is 5.37 Å². The molecule has 0 aliphatic heterocycles. The second-order valence-corrected chi connectivity index (χ2v) is 1.83. The van der Waals surface area contributed by atoms with Gasteiger partial charge in [0.25, 0.3) is 0 Å². The standard InChI is InChI=1S/C4H7O2S/c1-2-3-4-7(5)6/h3-4H,2H2,1H3. The minimum atomic E-state index is -2.00. The molecule has 0 unspecified atom stereocenters. The van der Waals surface area contributed by atoms with E-state index in [0.29, 0.717) is 0 Å². The van der Waals surface area contributed by atoms with Crippen LogP contribution >= 0.6 is 0 Å². The SMILES string of the molecule is CC[CH]C=S(=O)=O. The summed E-state index contributed by atoms with van der Waals surface area (Å²) in [6, 6.07) is 0. The quantitative estimate of drug-likeness (QED) is 0.489. The summed E-state index contributed by atoms with van der Waals surface area (Å²) in [7, 11) is -2.00. The fraction of sp³-hybridized carbons (Fsp3) is 0.500. The van der Waals surface area contributed by atoms with Crippen LogP contribution in [0.1, 0.15) is 13.3 Å². The van der Waals surface area contributed by atoms with E-state index in [0.717, 1.165) is 11.8 Å². The second kappa shape index (κ2) is 3.87. The Morgan fingerprint density at radius 1 is 1.57 bits per heavy atom. The number of hydrogen-bond acceptors (Lipinski definition) is 2. The van der Waals surface area contributed by atoms with E-state index in [9.17, 15) is 8.42 Å². The maximum atomic E-state index is 9.67. The van der Waals surface area contributed by atoms with Gasteiger partial charge in [-0.05, 0) is 12.8 Å². The molecule has 0 amide bonds. The highest BCUT2D eigenvalue weighted by Gasteiger charge is 1.71. The van der Waals surface area contributed by atoms with E-state index in [1.54, 1.807) is 6.42 Å². The van der Waals surface area contributed by atoms with Crippen molar-refractivity contribution >= 4 is 15.7 Å². The van der Waals surface area contributed by atoms with Crippen LogP contribution in [0.15, 0.2) is 0 Å². The molecular formula is C4H7O2S. The summed E-state index contributed by atoms with van der Waals surface area (Å²) in [6.07, 6.45) is 2.36. The van der Waals surface area contributed by atoms with Crippen LogP contribution in [-0.2, 0) is 10.3 Å². The van der Waals surface area contributed by atoms with Gasteiger partial charge in [0.15, 0.2) is 0 Å². The van der Waals surface area contributed by atoms with Gasteiger partial charge < -0.3 is 0 Å². The average molecular weight is 119 g/mol. The monoisotopic (exact) mass is 119 g/mol. The van der Waals surface area contributed by atoms with Gasteiger partial charge in [0.05, 0.1) is 0 Å². The third-order valence-electron chi connectivity index (χ3n) is 0.443. The summed E-state index contributed by atoms with van der Waals surface area (Å²) in [5.74, 6) is 0. The zero-order valence-electron chi connectivity index (χ0n) is 4.09. The fourth-order valence-corrected chi connectivity index (χ4v) is 0.524. The largest absolute Gasteiger partial charge is 0.210 e. The van der Waals surface area contributed by atoms with Gasteiger partial charge in [-0.25, -0.2) is 0 Å². The number of rotatable bonds is 2. The molecule has 0 aliphatic rings. The highest BCUT2D eigenvalue weighted by atomic mass is 32.2. The number of unbranched alkanes of at least 4 members (excludes halogenated alkanes) is 1. The van der Waals surface area contributed by atoms with E-state index < -0.39 is 10.3 Å². The zero-order chi connectivity index (χ0) is 5.70. The third kappa shape index (κ3) is 5.69. The molecule has 0 fully saturated rings. The van der Waals surface area contributed by atoms with E-state index in [1.807, 2.05) is 6.92 Å². The maximum absolute atomic E-state index is 9.67. The van der Waals surface area contributed by atoms with Crippen LogP contribution in [0.4, 0.5) is 0 Å². The summed E-state index contributed by atoms with van der Waals surface area (Å²) in [4.78, 5) is 0. The first-order chi connectivity index (χ1) is 3.27. The van der Waals surface area contributed by atoms with Crippen molar-refractivity contribution < 1.29 is 8.42 Å². The molecule has 0 rings (SSSR count). The molecule has 0 aromatic rings. The first-order valence-electron chi connectivity index (χ1n) is 2.02. The van der Waals surface area contributed by atoms with Crippen LogP contribution in [0.25, 0.3) is 0 Å². The molecular weight excluding hydrogens is 112 g/mol. The average Bonchev–Trinajstić information content (AvgIpc) is 1.61. The van der Waals surface area contributed by atoms with Crippen LogP contribution in [0.3, 0.4) is 0 Å². The Balaban J connectivity index is 3.49. The molecule has 7 heavy (non-hydrogen) atoms. The Kier molecular flexibility index (Phi) is 3.69. The molecule has 0 atom stereocenters. The van der Waals surface area contributed by atoms with E-state index in [2.05, 4.69) is 0 Å². The van der Waals surface area contributed by atoms with E-state index in [4.69, 9.17) is 0 Å². The van der Waals surface area contributed by atoms with Gasteiger partial charge in [-0.1, -0.05) is 6.92 Å². The van der Waals surface area contributed by atoms with Crippen LogP contribution in [-0.4, -0.2) is 13.8 Å². The smallest absolute Gasteiger partial charge is 0.185 e. The van der Waals surface area contributed by atoms with Crippen molar-refractivity contribution in [2.75, 3.05) is 0 Å². The van der Waals surface area contributed by atoms with Gasteiger partial charge in [-0.3, -0.25) is 0 Å².